The SMILES string of the molecule is CCCCCOC(=O)c1ccc(NC(=O)[C@@H]2CC(=O)N(c3cccc(Cl)c3)C2)cc1. The van der Waals surface area contributed by atoms with E-state index in [1.165, 1.54) is 0 Å². The lowest BCUT2D eigenvalue weighted by Crippen LogP contribution is -2.28. The highest BCUT2D eigenvalue weighted by molar-refractivity contribution is 6.31. The molecule has 0 saturated carbocycles. The van der Waals surface area contributed by atoms with Crippen LogP contribution in [0.25, 0.3) is 0 Å². The number of halogens is 1. The molecule has 2 aromatic rings. The van der Waals surface area contributed by atoms with E-state index in [2.05, 4.69) is 12.2 Å². The summed E-state index contributed by atoms with van der Waals surface area (Å²) in [7, 11) is 0. The number of esters is 1. The Kier molecular flexibility index (Phi) is 7.46. The summed E-state index contributed by atoms with van der Waals surface area (Å²) in [5.74, 6) is -1.18. The van der Waals surface area contributed by atoms with Crippen molar-refractivity contribution in [3.63, 3.8) is 0 Å². The molecule has 6 nitrogen and oxygen atoms in total. The number of hydrogen-bond acceptors (Lipinski definition) is 4. The Hall–Kier alpha value is -2.86. The van der Waals surface area contributed by atoms with Gasteiger partial charge in [0.25, 0.3) is 0 Å². The van der Waals surface area contributed by atoms with E-state index in [-0.39, 0.29) is 24.2 Å². The molecule has 30 heavy (non-hydrogen) atoms. The zero-order chi connectivity index (χ0) is 21.5. The van der Waals surface area contributed by atoms with E-state index in [9.17, 15) is 14.4 Å². The van der Waals surface area contributed by atoms with Crippen molar-refractivity contribution in [2.45, 2.75) is 32.6 Å². The van der Waals surface area contributed by atoms with E-state index in [0.29, 0.717) is 35.1 Å². The molecule has 2 amide bonds. The molecular weight excluding hydrogens is 404 g/mol. The molecule has 0 aromatic heterocycles. The van der Waals surface area contributed by atoms with Crippen LogP contribution >= 0.6 is 11.6 Å². The zero-order valence-electron chi connectivity index (χ0n) is 16.9. The predicted octanol–water partition coefficient (Wildman–Crippen LogP) is 4.68. The number of nitrogens with one attached hydrogen (secondary N) is 1. The summed E-state index contributed by atoms with van der Waals surface area (Å²) in [6, 6.07) is 13.6. The minimum atomic E-state index is -0.459. The Bertz CT molecular complexity index is 914. The molecule has 0 radical (unpaired) electrons. The number of rotatable bonds is 8. The molecule has 2 aromatic carbocycles. The van der Waals surface area contributed by atoms with Crippen LogP contribution < -0.4 is 10.2 Å². The van der Waals surface area contributed by atoms with Crippen molar-refractivity contribution in [1.82, 2.24) is 0 Å². The van der Waals surface area contributed by atoms with Gasteiger partial charge in [-0.2, -0.15) is 0 Å². The van der Waals surface area contributed by atoms with Crippen LogP contribution in [0, 0.1) is 5.92 Å². The number of carbonyl (C=O) groups excluding carboxylic acids is 3. The first-order valence-electron chi connectivity index (χ1n) is 10.1. The lowest BCUT2D eigenvalue weighted by Gasteiger charge is -2.17. The third-order valence-electron chi connectivity index (χ3n) is 4.98. The largest absolute Gasteiger partial charge is 0.462 e. The fourth-order valence-corrected chi connectivity index (χ4v) is 3.50. The summed E-state index contributed by atoms with van der Waals surface area (Å²) >= 11 is 6.00. The van der Waals surface area contributed by atoms with Crippen molar-refractivity contribution in [3.05, 3.63) is 59.1 Å². The third kappa shape index (κ3) is 5.60. The number of amides is 2. The Morgan fingerprint density at radius 2 is 1.93 bits per heavy atom. The monoisotopic (exact) mass is 428 g/mol. The average Bonchev–Trinajstić information content (AvgIpc) is 3.13. The molecule has 3 rings (SSSR count). The second kappa shape index (κ2) is 10.3. The fraction of sp³-hybridized carbons (Fsp3) is 0.348. The van der Waals surface area contributed by atoms with Gasteiger partial charge in [0.15, 0.2) is 0 Å². The highest BCUT2D eigenvalue weighted by Gasteiger charge is 2.35. The maximum Gasteiger partial charge on any atom is 0.338 e. The Morgan fingerprint density at radius 1 is 1.17 bits per heavy atom. The van der Waals surface area contributed by atoms with Gasteiger partial charge in [-0.15, -0.1) is 0 Å². The first-order valence-corrected chi connectivity index (χ1v) is 10.5. The van der Waals surface area contributed by atoms with Gasteiger partial charge in [-0.05, 0) is 48.9 Å². The van der Waals surface area contributed by atoms with Crippen LogP contribution in [0.2, 0.25) is 5.02 Å². The number of carbonyl (C=O) groups is 3. The molecule has 1 aliphatic heterocycles. The van der Waals surface area contributed by atoms with Crippen LogP contribution in [-0.2, 0) is 14.3 Å². The minimum Gasteiger partial charge on any atom is -0.462 e. The van der Waals surface area contributed by atoms with Crippen molar-refractivity contribution < 1.29 is 19.1 Å². The van der Waals surface area contributed by atoms with Crippen LogP contribution in [0.4, 0.5) is 11.4 Å². The minimum absolute atomic E-state index is 0.112. The summed E-state index contributed by atoms with van der Waals surface area (Å²) in [6.07, 6.45) is 3.08. The average molecular weight is 429 g/mol. The van der Waals surface area contributed by atoms with Crippen LogP contribution in [0.1, 0.15) is 43.0 Å². The number of hydrogen-bond donors (Lipinski definition) is 1. The van der Waals surface area contributed by atoms with Gasteiger partial charge in [0.1, 0.15) is 0 Å². The van der Waals surface area contributed by atoms with Gasteiger partial charge in [0.05, 0.1) is 18.1 Å². The standard InChI is InChI=1S/C23H25ClN2O4/c1-2-3-4-12-30-23(29)16-8-10-19(11-9-16)25-22(28)17-13-21(27)26(15-17)20-7-5-6-18(24)14-20/h5-11,14,17H,2-4,12-13,15H2,1H3,(H,25,28)/t17-/m1/s1. The summed E-state index contributed by atoms with van der Waals surface area (Å²) in [6.45, 7) is 2.79. The molecule has 158 valence electrons. The number of anilines is 2. The normalized spacial score (nSPS) is 15.9. The van der Waals surface area contributed by atoms with Gasteiger partial charge < -0.3 is 15.0 Å². The Labute approximate surface area is 181 Å². The Balaban J connectivity index is 1.54. The second-order valence-electron chi connectivity index (χ2n) is 7.29. The molecule has 1 N–H and O–H groups in total. The summed E-state index contributed by atoms with van der Waals surface area (Å²) in [5, 5.41) is 3.36. The van der Waals surface area contributed by atoms with E-state index in [1.54, 1.807) is 53.4 Å². The molecule has 0 bridgehead atoms. The lowest BCUT2D eigenvalue weighted by atomic mass is 10.1. The number of nitrogens with zero attached hydrogens (tertiary/aromatic N) is 1. The van der Waals surface area contributed by atoms with Gasteiger partial charge in [0, 0.05) is 29.4 Å². The zero-order valence-corrected chi connectivity index (χ0v) is 17.7. The predicted molar refractivity (Wildman–Crippen MR) is 117 cm³/mol. The van der Waals surface area contributed by atoms with E-state index < -0.39 is 5.92 Å². The summed E-state index contributed by atoms with van der Waals surface area (Å²) in [4.78, 5) is 38.6. The lowest BCUT2D eigenvalue weighted by molar-refractivity contribution is -0.122. The highest BCUT2D eigenvalue weighted by Crippen LogP contribution is 2.28. The van der Waals surface area contributed by atoms with Gasteiger partial charge in [-0.1, -0.05) is 37.4 Å². The molecular formula is C23H25ClN2O4. The first kappa shape index (κ1) is 21.8. The van der Waals surface area contributed by atoms with Crippen molar-refractivity contribution in [2.75, 3.05) is 23.4 Å². The quantitative estimate of drug-likeness (QED) is 0.489. The number of benzene rings is 2. The molecule has 0 spiro atoms. The van der Waals surface area contributed by atoms with E-state index in [0.717, 1.165) is 19.3 Å². The van der Waals surface area contributed by atoms with Crippen LogP contribution in [-0.4, -0.2) is 30.9 Å². The summed E-state index contributed by atoms with van der Waals surface area (Å²) < 4.78 is 5.23. The van der Waals surface area contributed by atoms with Crippen molar-refractivity contribution in [2.24, 2.45) is 5.92 Å². The smallest absolute Gasteiger partial charge is 0.338 e. The van der Waals surface area contributed by atoms with Crippen molar-refractivity contribution >= 4 is 40.8 Å². The molecule has 7 heteroatoms. The van der Waals surface area contributed by atoms with Crippen LogP contribution in [0.3, 0.4) is 0 Å². The van der Waals surface area contributed by atoms with Gasteiger partial charge >= 0.3 is 5.97 Å². The van der Waals surface area contributed by atoms with Gasteiger partial charge in [0.2, 0.25) is 11.8 Å². The van der Waals surface area contributed by atoms with E-state index in [1.807, 2.05) is 0 Å². The maximum absolute atomic E-state index is 12.6. The van der Waals surface area contributed by atoms with Crippen LogP contribution in [0.15, 0.2) is 48.5 Å². The van der Waals surface area contributed by atoms with E-state index >= 15 is 0 Å². The number of unbranched alkanes of at least 4 members (excludes halogenated alkanes) is 2. The molecule has 1 saturated heterocycles. The number of ether oxygens (including phenoxy) is 1. The van der Waals surface area contributed by atoms with E-state index in [4.69, 9.17) is 16.3 Å². The molecule has 1 aliphatic rings. The Morgan fingerprint density at radius 3 is 2.63 bits per heavy atom. The van der Waals surface area contributed by atoms with Crippen molar-refractivity contribution in [3.8, 4) is 0 Å². The fourth-order valence-electron chi connectivity index (χ4n) is 3.31. The molecule has 1 fully saturated rings. The van der Waals surface area contributed by atoms with Gasteiger partial charge in [-0.3, -0.25) is 9.59 Å². The molecule has 0 aliphatic carbocycles. The second-order valence-corrected chi connectivity index (χ2v) is 7.73. The van der Waals surface area contributed by atoms with Gasteiger partial charge in [-0.25, -0.2) is 4.79 Å². The molecule has 0 unspecified atom stereocenters. The first-order chi connectivity index (χ1) is 14.5. The molecule has 1 heterocycles. The van der Waals surface area contributed by atoms with Crippen molar-refractivity contribution in [1.29, 1.82) is 0 Å². The highest BCUT2D eigenvalue weighted by atomic mass is 35.5. The van der Waals surface area contributed by atoms with Crippen LogP contribution in [0.5, 0.6) is 0 Å². The maximum atomic E-state index is 12.6. The molecule has 1 atom stereocenters. The topological polar surface area (TPSA) is 75.7 Å². The summed E-state index contributed by atoms with van der Waals surface area (Å²) in [5.41, 5.74) is 1.69. The third-order valence-corrected chi connectivity index (χ3v) is 5.22.